The van der Waals surface area contributed by atoms with Gasteiger partial charge in [-0.05, 0) is 12.8 Å². The molecule has 1 heterocycles. The lowest BCUT2D eigenvalue weighted by atomic mass is 9.92. The molecule has 5 heteroatoms. The number of carboxylic acid groups (broad SMARTS) is 1. The summed E-state index contributed by atoms with van der Waals surface area (Å²) in [5, 5.41) is 11.6. The topological polar surface area (TPSA) is 76.2 Å². The van der Waals surface area contributed by atoms with Gasteiger partial charge in [0.05, 0.1) is 17.7 Å². The average molecular weight is 268 g/mol. The fourth-order valence-corrected chi connectivity index (χ4v) is 3.49. The van der Waals surface area contributed by atoms with Gasteiger partial charge in [0.2, 0.25) is 0 Å². The first-order valence-corrected chi connectivity index (χ1v) is 7.44. The van der Waals surface area contributed by atoms with Crippen LogP contribution >= 0.6 is 11.3 Å². The van der Waals surface area contributed by atoms with E-state index in [-0.39, 0.29) is 12.0 Å². The number of nitrogens with two attached hydrogens (primary N) is 1. The zero-order valence-electron chi connectivity index (χ0n) is 10.5. The predicted molar refractivity (Wildman–Crippen MR) is 71.6 cm³/mol. The number of thiazole rings is 1. The molecule has 1 aromatic rings. The molecule has 0 atom stereocenters. The van der Waals surface area contributed by atoms with Crippen molar-refractivity contribution in [2.45, 2.75) is 56.9 Å². The van der Waals surface area contributed by atoms with Gasteiger partial charge in [-0.2, -0.15) is 0 Å². The van der Waals surface area contributed by atoms with E-state index < -0.39 is 5.97 Å². The third kappa shape index (κ3) is 3.29. The Bertz CT molecular complexity index is 409. The fourth-order valence-electron chi connectivity index (χ4n) is 2.46. The van der Waals surface area contributed by atoms with Crippen molar-refractivity contribution in [1.82, 2.24) is 4.98 Å². The second-order valence-electron chi connectivity index (χ2n) is 5.11. The summed E-state index contributed by atoms with van der Waals surface area (Å²) in [6.07, 6.45) is 7.49. The summed E-state index contributed by atoms with van der Waals surface area (Å²) in [7, 11) is 0. The molecule has 4 nitrogen and oxygen atoms in total. The van der Waals surface area contributed by atoms with Crippen LogP contribution in [0.3, 0.4) is 0 Å². The van der Waals surface area contributed by atoms with E-state index in [0.29, 0.717) is 6.42 Å². The number of carbonyl (C=O) groups is 1. The Morgan fingerprint density at radius 1 is 1.39 bits per heavy atom. The number of aliphatic carboxylic acids is 1. The molecule has 1 fully saturated rings. The Kier molecular flexibility index (Phi) is 4.35. The van der Waals surface area contributed by atoms with Crippen molar-refractivity contribution in [1.29, 1.82) is 0 Å². The van der Waals surface area contributed by atoms with Crippen LogP contribution in [0.15, 0.2) is 5.38 Å². The van der Waals surface area contributed by atoms with Crippen molar-refractivity contribution >= 4 is 17.3 Å². The van der Waals surface area contributed by atoms with Crippen molar-refractivity contribution in [3.05, 3.63) is 16.1 Å². The number of nitrogens with zero attached hydrogens (tertiary/aromatic N) is 1. The quantitative estimate of drug-likeness (QED) is 0.823. The Morgan fingerprint density at radius 2 is 2.06 bits per heavy atom. The van der Waals surface area contributed by atoms with E-state index >= 15 is 0 Å². The van der Waals surface area contributed by atoms with Crippen LogP contribution < -0.4 is 5.73 Å². The maximum atomic E-state index is 10.5. The molecular weight excluding hydrogens is 248 g/mol. The smallest absolute Gasteiger partial charge is 0.303 e. The van der Waals surface area contributed by atoms with Crippen LogP contribution in [0, 0.1) is 0 Å². The van der Waals surface area contributed by atoms with Crippen LogP contribution in [0.5, 0.6) is 0 Å². The largest absolute Gasteiger partial charge is 0.481 e. The van der Waals surface area contributed by atoms with E-state index in [4.69, 9.17) is 10.8 Å². The molecule has 0 amide bonds. The van der Waals surface area contributed by atoms with Crippen molar-refractivity contribution in [3.8, 4) is 0 Å². The summed E-state index contributed by atoms with van der Waals surface area (Å²) in [6, 6.07) is 0. The molecular formula is C13H20N2O2S. The first-order valence-electron chi connectivity index (χ1n) is 6.56. The Hall–Kier alpha value is -0.940. The van der Waals surface area contributed by atoms with Gasteiger partial charge in [-0.15, -0.1) is 11.3 Å². The lowest BCUT2D eigenvalue weighted by Gasteiger charge is -2.25. The molecule has 0 unspecified atom stereocenters. The molecule has 18 heavy (non-hydrogen) atoms. The van der Waals surface area contributed by atoms with Crippen molar-refractivity contribution in [2.75, 3.05) is 0 Å². The maximum absolute atomic E-state index is 10.5. The molecule has 0 spiro atoms. The van der Waals surface area contributed by atoms with Gasteiger partial charge in [0, 0.05) is 11.8 Å². The van der Waals surface area contributed by atoms with E-state index in [0.717, 1.165) is 23.5 Å². The fraction of sp³-hybridized carbons (Fsp3) is 0.692. The van der Waals surface area contributed by atoms with Crippen molar-refractivity contribution in [2.24, 2.45) is 5.73 Å². The van der Waals surface area contributed by atoms with Gasteiger partial charge in [-0.25, -0.2) is 4.98 Å². The summed E-state index contributed by atoms with van der Waals surface area (Å²) < 4.78 is 0. The lowest BCUT2D eigenvalue weighted by molar-refractivity contribution is -0.136. The minimum Gasteiger partial charge on any atom is -0.481 e. The van der Waals surface area contributed by atoms with Gasteiger partial charge >= 0.3 is 5.97 Å². The molecule has 1 saturated carbocycles. The van der Waals surface area contributed by atoms with Crippen LogP contribution in [0.1, 0.15) is 55.6 Å². The Labute approximate surface area is 111 Å². The predicted octanol–water partition coefficient (Wildman–Crippen LogP) is 2.67. The van der Waals surface area contributed by atoms with Crippen molar-refractivity contribution in [3.63, 3.8) is 0 Å². The molecule has 2 rings (SSSR count). The minimum atomic E-state index is -0.776. The highest BCUT2D eigenvalue weighted by Gasteiger charge is 2.31. The molecule has 1 aromatic heterocycles. The van der Waals surface area contributed by atoms with Crippen LogP contribution in [-0.2, 0) is 16.8 Å². The molecule has 1 aliphatic carbocycles. The van der Waals surface area contributed by atoms with E-state index in [1.807, 2.05) is 5.38 Å². The zero-order valence-corrected chi connectivity index (χ0v) is 11.3. The number of rotatable bonds is 4. The third-order valence-corrected chi connectivity index (χ3v) is 4.68. The SMILES string of the molecule is NC1(c2nc(CCC(=O)O)cs2)CCCCCC1. The van der Waals surface area contributed by atoms with E-state index in [1.54, 1.807) is 11.3 Å². The van der Waals surface area contributed by atoms with Crippen LogP contribution in [0.25, 0.3) is 0 Å². The summed E-state index contributed by atoms with van der Waals surface area (Å²) in [6.45, 7) is 0. The lowest BCUT2D eigenvalue weighted by Crippen LogP contribution is -2.35. The molecule has 0 radical (unpaired) electrons. The number of hydrogen-bond acceptors (Lipinski definition) is 4. The summed E-state index contributed by atoms with van der Waals surface area (Å²) >= 11 is 1.59. The first-order chi connectivity index (χ1) is 8.60. The van der Waals surface area contributed by atoms with Crippen LogP contribution in [0.2, 0.25) is 0 Å². The van der Waals surface area contributed by atoms with Gasteiger partial charge < -0.3 is 10.8 Å². The molecule has 0 bridgehead atoms. The number of hydrogen-bond donors (Lipinski definition) is 2. The van der Waals surface area contributed by atoms with E-state index in [1.165, 1.54) is 25.7 Å². The molecule has 0 aliphatic heterocycles. The highest BCUT2D eigenvalue weighted by atomic mass is 32.1. The standard InChI is InChI=1S/C13H20N2O2S/c14-13(7-3-1-2-4-8-13)12-15-10(9-18-12)5-6-11(16)17/h9H,1-8,14H2,(H,16,17). The van der Waals surface area contributed by atoms with E-state index in [9.17, 15) is 4.79 Å². The number of aromatic nitrogens is 1. The molecule has 100 valence electrons. The van der Waals surface area contributed by atoms with Crippen molar-refractivity contribution < 1.29 is 9.90 Å². The highest BCUT2D eigenvalue weighted by Crippen LogP contribution is 2.35. The zero-order chi connectivity index (χ0) is 13.0. The average Bonchev–Trinajstić information content (AvgIpc) is 2.70. The minimum absolute atomic E-state index is 0.140. The van der Waals surface area contributed by atoms with E-state index in [2.05, 4.69) is 4.98 Å². The first kappa shape index (κ1) is 13.5. The monoisotopic (exact) mass is 268 g/mol. The van der Waals surface area contributed by atoms with Gasteiger partial charge in [-0.3, -0.25) is 4.79 Å². The summed E-state index contributed by atoms with van der Waals surface area (Å²) in [4.78, 5) is 15.1. The third-order valence-electron chi connectivity index (χ3n) is 3.57. The second-order valence-corrected chi connectivity index (χ2v) is 5.97. The number of aryl methyl sites for hydroxylation is 1. The highest BCUT2D eigenvalue weighted by molar-refractivity contribution is 7.09. The summed E-state index contributed by atoms with van der Waals surface area (Å²) in [5.41, 5.74) is 7.07. The summed E-state index contributed by atoms with van der Waals surface area (Å²) in [5.74, 6) is -0.776. The molecule has 0 saturated heterocycles. The number of carboxylic acids is 1. The Morgan fingerprint density at radius 3 is 2.67 bits per heavy atom. The van der Waals surface area contributed by atoms with Gasteiger partial charge in [0.15, 0.2) is 0 Å². The van der Waals surface area contributed by atoms with Gasteiger partial charge in [0.1, 0.15) is 5.01 Å². The molecule has 0 aromatic carbocycles. The maximum Gasteiger partial charge on any atom is 0.303 e. The van der Waals surface area contributed by atoms with Gasteiger partial charge in [0.25, 0.3) is 0 Å². The molecule has 3 N–H and O–H groups in total. The Balaban J connectivity index is 2.05. The normalized spacial score (nSPS) is 19.4. The van der Waals surface area contributed by atoms with Crippen LogP contribution in [0.4, 0.5) is 0 Å². The van der Waals surface area contributed by atoms with Gasteiger partial charge in [-0.1, -0.05) is 25.7 Å². The second kappa shape index (κ2) is 5.80. The van der Waals surface area contributed by atoms with Crippen LogP contribution in [-0.4, -0.2) is 16.1 Å². The molecule has 1 aliphatic rings.